The summed E-state index contributed by atoms with van der Waals surface area (Å²) in [5, 5.41) is 7.94. The van der Waals surface area contributed by atoms with Crippen molar-refractivity contribution in [2.75, 3.05) is 32.5 Å². The van der Waals surface area contributed by atoms with Gasteiger partial charge >= 0.3 is 0 Å². The zero-order valence-electron chi connectivity index (χ0n) is 21.5. The molecule has 0 radical (unpaired) electrons. The molecule has 5 rings (SSSR count). The molecule has 1 saturated heterocycles. The van der Waals surface area contributed by atoms with Crippen LogP contribution in [0.15, 0.2) is 36.2 Å². The number of amides is 1. The number of aromatic nitrogens is 3. The smallest absolute Gasteiger partial charge is 0.270 e. The summed E-state index contributed by atoms with van der Waals surface area (Å²) in [6.07, 6.45) is 15.6. The average molecular weight is 478 g/mol. The number of hydrogen-bond acceptors (Lipinski definition) is 6. The second kappa shape index (κ2) is 10.0. The minimum absolute atomic E-state index is 0.0150. The summed E-state index contributed by atoms with van der Waals surface area (Å²) in [6.45, 7) is 6.62. The van der Waals surface area contributed by atoms with Crippen LogP contribution in [0.25, 0.3) is 11.0 Å². The van der Waals surface area contributed by atoms with Crippen molar-refractivity contribution in [3.8, 4) is 0 Å². The van der Waals surface area contributed by atoms with Crippen LogP contribution in [0.3, 0.4) is 0 Å². The van der Waals surface area contributed by atoms with Crippen molar-refractivity contribution in [3.63, 3.8) is 0 Å². The van der Waals surface area contributed by atoms with E-state index in [1.54, 1.807) is 19.0 Å². The minimum Gasteiger partial charge on any atom is -0.352 e. The van der Waals surface area contributed by atoms with Crippen LogP contribution >= 0.6 is 0 Å². The van der Waals surface area contributed by atoms with Crippen molar-refractivity contribution in [1.29, 1.82) is 0 Å². The number of piperidine rings is 1. The molecule has 188 valence electrons. The highest BCUT2D eigenvalue weighted by Crippen LogP contribution is 2.35. The molecule has 3 aliphatic rings. The zero-order valence-corrected chi connectivity index (χ0v) is 21.5. The molecule has 1 amide bonds. The monoisotopic (exact) mass is 477 g/mol. The zero-order chi connectivity index (χ0) is 24.5. The van der Waals surface area contributed by atoms with Crippen LogP contribution in [0.4, 0.5) is 5.95 Å². The first kappa shape index (κ1) is 23.9. The fraction of sp³-hybridized carbons (Fsp3) is 0.593. The van der Waals surface area contributed by atoms with Crippen LogP contribution in [0, 0.1) is 5.92 Å². The number of nitrogens with one attached hydrogen (secondary N) is 2. The van der Waals surface area contributed by atoms with Crippen molar-refractivity contribution in [2.24, 2.45) is 5.92 Å². The van der Waals surface area contributed by atoms with E-state index < -0.39 is 0 Å². The molecule has 8 nitrogen and oxygen atoms in total. The highest BCUT2D eigenvalue weighted by molar-refractivity contribution is 5.97. The Hall–Kier alpha value is -2.87. The number of anilines is 1. The second-order valence-electron chi connectivity index (χ2n) is 10.7. The highest BCUT2D eigenvalue weighted by Gasteiger charge is 2.28. The maximum Gasteiger partial charge on any atom is 0.270 e. The summed E-state index contributed by atoms with van der Waals surface area (Å²) < 4.78 is 2.17. The molecule has 0 spiro atoms. The van der Waals surface area contributed by atoms with Gasteiger partial charge in [0.1, 0.15) is 17.5 Å². The fourth-order valence-corrected chi connectivity index (χ4v) is 5.72. The molecule has 1 aliphatic carbocycles. The maximum absolute atomic E-state index is 13.0. The predicted octanol–water partition coefficient (Wildman–Crippen LogP) is 4.15. The van der Waals surface area contributed by atoms with Crippen molar-refractivity contribution in [3.05, 3.63) is 41.9 Å². The summed E-state index contributed by atoms with van der Waals surface area (Å²) >= 11 is 0. The van der Waals surface area contributed by atoms with E-state index in [1.807, 2.05) is 12.3 Å². The Bertz CT molecular complexity index is 1120. The Labute approximate surface area is 208 Å². The SMILES string of the molecule is CC(C)N1C=C(C2CCNCC2)C=CC1Nc1ncc2cc(C(=O)N(C)C)n(C3CCCC3)c2n1. The summed E-state index contributed by atoms with van der Waals surface area (Å²) in [4.78, 5) is 26.6. The lowest BCUT2D eigenvalue weighted by Crippen LogP contribution is -2.43. The highest BCUT2D eigenvalue weighted by atomic mass is 16.2. The number of nitrogens with zero attached hydrogens (tertiary/aromatic N) is 5. The van der Waals surface area contributed by atoms with Crippen LogP contribution in [0.1, 0.15) is 68.9 Å². The first-order valence-electron chi connectivity index (χ1n) is 13.2. The molecule has 2 aromatic rings. The van der Waals surface area contributed by atoms with Gasteiger partial charge in [-0.25, -0.2) is 4.98 Å². The summed E-state index contributed by atoms with van der Waals surface area (Å²) in [5.74, 6) is 1.23. The summed E-state index contributed by atoms with van der Waals surface area (Å²) in [6, 6.07) is 2.60. The molecule has 4 heterocycles. The van der Waals surface area contributed by atoms with Crippen LogP contribution < -0.4 is 10.6 Å². The van der Waals surface area contributed by atoms with Crippen LogP contribution in [0.2, 0.25) is 0 Å². The first-order valence-corrected chi connectivity index (χ1v) is 13.2. The van der Waals surface area contributed by atoms with Gasteiger partial charge in [0, 0.05) is 44.0 Å². The molecule has 2 N–H and O–H groups in total. The lowest BCUT2D eigenvalue weighted by molar-refractivity contribution is 0.0815. The van der Waals surface area contributed by atoms with Gasteiger partial charge in [-0.05, 0) is 76.3 Å². The Morgan fingerprint density at radius 3 is 2.60 bits per heavy atom. The van der Waals surface area contributed by atoms with Gasteiger partial charge in [-0.1, -0.05) is 18.9 Å². The normalized spacial score (nSPS) is 21.7. The Morgan fingerprint density at radius 1 is 1.17 bits per heavy atom. The molecule has 8 heteroatoms. The third-order valence-corrected chi connectivity index (χ3v) is 7.67. The molecular weight excluding hydrogens is 438 g/mol. The number of carbonyl (C=O) groups is 1. The predicted molar refractivity (Wildman–Crippen MR) is 140 cm³/mol. The van der Waals surface area contributed by atoms with Crippen LogP contribution in [-0.2, 0) is 0 Å². The minimum atomic E-state index is -0.0179. The van der Waals surface area contributed by atoms with E-state index in [4.69, 9.17) is 4.98 Å². The number of carbonyl (C=O) groups excluding carboxylic acids is 1. The van der Waals surface area contributed by atoms with E-state index in [1.165, 1.54) is 31.3 Å². The van der Waals surface area contributed by atoms with Crippen LogP contribution in [0.5, 0.6) is 0 Å². The molecule has 2 fully saturated rings. The van der Waals surface area contributed by atoms with Gasteiger partial charge in [-0.2, -0.15) is 4.98 Å². The Morgan fingerprint density at radius 2 is 1.91 bits per heavy atom. The molecule has 0 aromatic carbocycles. The number of rotatable bonds is 6. The van der Waals surface area contributed by atoms with E-state index in [9.17, 15) is 4.79 Å². The summed E-state index contributed by atoms with van der Waals surface area (Å²) in [5.41, 5.74) is 2.97. The molecule has 1 saturated carbocycles. The average Bonchev–Trinajstić information content (AvgIpc) is 3.51. The number of hydrogen-bond donors (Lipinski definition) is 2. The van der Waals surface area contributed by atoms with Crippen LogP contribution in [-0.4, -0.2) is 69.6 Å². The fourth-order valence-electron chi connectivity index (χ4n) is 5.72. The van der Waals surface area contributed by atoms with Crippen molar-refractivity contribution >= 4 is 22.9 Å². The van der Waals surface area contributed by atoms with Gasteiger partial charge in [0.05, 0.1) is 0 Å². The number of allylic oxidation sites excluding steroid dienone is 2. The molecule has 35 heavy (non-hydrogen) atoms. The molecule has 0 bridgehead atoms. The first-order chi connectivity index (χ1) is 16.9. The summed E-state index contributed by atoms with van der Waals surface area (Å²) in [7, 11) is 3.61. The van der Waals surface area contributed by atoms with Gasteiger partial charge in [0.15, 0.2) is 0 Å². The van der Waals surface area contributed by atoms with E-state index in [0.29, 0.717) is 29.6 Å². The topological polar surface area (TPSA) is 78.3 Å². The standard InChI is InChI=1S/C27H39N7O/c1-18(2)33-17-20(19-11-13-28-14-12-19)9-10-24(33)30-27-29-16-21-15-23(26(35)32(3)4)34(25(21)31-27)22-7-5-6-8-22/h9-10,15-19,22,24,28H,5-8,11-14H2,1-4H3,(H,29,30,31). The van der Waals surface area contributed by atoms with Gasteiger partial charge in [0.25, 0.3) is 5.91 Å². The molecule has 1 atom stereocenters. The third-order valence-electron chi connectivity index (χ3n) is 7.67. The van der Waals surface area contributed by atoms with E-state index >= 15 is 0 Å². The molecule has 2 aromatic heterocycles. The lowest BCUT2D eigenvalue weighted by Gasteiger charge is -2.37. The lowest BCUT2D eigenvalue weighted by atomic mass is 9.88. The Kier molecular flexibility index (Phi) is 6.82. The van der Waals surface area contributed by atoms with Gasteiger partial charge in [-0.15, -0.1) is 0 Å². The number of fused-ring (bicyclic) bond motifs is 1. The second-order valence-corrected chi connectivity index (χ2v) is 10.7. The van der Waals surface area contributed by atoms with Gasteiger partial charge in [-0.3, -0.25) is 4.79 Å². The van der Waals surface area contributed by atoms with Crippen molar-refractivity contribution < 1.29 is 4.79 Å². The van der Waals surface area contributed by atoms with Gasteiger partial charge < -0.3 is 25.0 Å². The van der Waals surface area contributed by atoms with E-state index in [2.05, 4.69) is 57.3 Å². The van der Waals surface area contributed by atoms with E-state index in [-0.39, 0.29) is 12.1 Å². The van der Waals surface area contributed by atoms with Crippen molar-refractivity contribution in [2.45, 2.75) is 70.6 Å². The molecule has 1 unspecified atom stereocenters. The molecular formula is C27H39N7O. The maximum atomic E-state index is 13.0. The Balaban J connectivity index is 1.44. The van der Waals surface area contributed by atoms with Crippen molar-refractivity contribution in [1.82, 2.24) is 29.7 Å². The molecule has 2 aliphatic heterocycles. The van der Waals surface area contributed by atoms with Gasteiger partial charge in [0.2, 0.25) is 5.95 Å². The van der Waals surface area contributed by atoms with E-state index in [0.717, 1.165) is 37.0 Å². The quantitative estimate of drug-likeness (QED) is 0.651. The third kappa shape index (κ3) is 4.81. The largest absolute Gasteiger partial charge is 0.352 e.